The van der Waals surface area contributed by atoms with Gasteiger partial charge in [0.1, 0.15) is 5.75 Å². The summed E-state index contributed by atoms with van der Waals surface area (Å²) in [4.78, 5) is 13.6. The number of carbonyl (C=O) groups is 1. The number of amides is 1. The number of nitrogens with zero attached hydrogens (tertiary/aromatic N) is 1. The highest BCUT2D eigenvalue weighted by molar-refractivity contribution is 5.97. The van der Waals surface area contributed by atoms with E-state index in [9.17, 15) is 18.0 Å². The van der Waals surface area contributed by atoms with Crippen LogP contribution in [0.4, 0.5) is 13.2 Å². The van der Waals surface area contributed by atoms with Gasteiger partial charge in [-0.1, -0.05) is 12.1 Å². The maximum absolute atomic E-state index is 12.7. The minimum Gasteiger partial charge on any atom is -0.496 e. The van der Waals surface area contributed by atoms with Crippen LogP contribution in [0.25, 0.3) is 0 Å². The first-order valence-electron chi connectivity index (χ1n) is 6.45. The number of methoxy groups -OCH3 is 1. The summed E-state index contributed by atoms with van der Waals surface area (Å²) in [7, 11) is 1.43. The average Bonchev–Trinajstić information content (AvgIpc) is 2.45. The molecular formula is C14H16F3NO3. The Morgan fingerprint density at radius 2 is 2.14 bits per heavy atom. The van der Waals surface area contributed by atoms with E-state index in [1.165, 1.54) is 7.11 Å². The average molecular weight is 303 g/mol. The molecule has 2 rings (SSSR count). The smallest absolute Gasteiger partial charge is 0.416 e. The van der Waals surface area contributed by atoms with Crippen molar-refractivity contribution in [1.82, 2.24) is 4.90 Å². The van der Waals surface area contributed by atoms with Gasteiger partial charge < -0.3 is 14.4 Å². The second-order valence-electron chi connectivity index (χ2n) is 4.81. The summed E-state index contributed by atoms with van der Waals surface area (Å²) in [5.41, 5.74) is 1.02. The fraction of sp³-hybridized carbons (Fsp3) is 0.500. The van der Waals surface area contributed by atoms with E-state index in [0.29, 0.717) is 5.75 Å². The molecule has 1 fully saturated rings. The molecular weight excluding hydrogens is 287 g/mol. The van der Waals surface area contributed by atoms with E-state index in [1.54, 1.807) is 25.1 Å². The van der Waals surface area contributed by atoms with Crippen molar-refractivity contribution in [3.05, 3.63) is 29.3 Å². The van der Waals surface area contributed by atoms with Crippen molar-refractivity contribution in [3.8, 4) is 5.75 Å². The predicted molar refractivity (Wildman–Crippen MR) is 69.4 cm³/mol. The van der Waals surface area contributed by atoms with Crippen LogP contribution in [0.3, 0.4) is 0 Å². The quantitative estimate of drug-likeness (QED) is 0.842. The summed E-state index contributed by atoms with van der Waals surface area (Å²) in [6.45, 7) is 1.26. The lowest BCUT2D eigenvalue weighted by molar-refractivity contribution is -0.233. The molecule has 4 nitrogen and oxygen atoms in total. The Hall–Kier alpha value is -1.76. The first-order valence-corrected chi connectivity index (χ1v) is 6.45. The molecule has 1 saturated heterocycles. The van der Waals surface area contributed by atoms with Crippen molar-refractivity contribution in [2.45, 2.75) is 19.2 Å². The van der Waals surface area contributed by atoms with Crippen LogP contribution in [0.5, 0.6) is 5.75 Å². The van der Waals surface area contributed by atoms with Crippen molar-refractivity contribution in [3.63, 3.8) is 0 Å². The Morgan fingerprint density at radius 3 is 2.76 bits per heavy atom. The second-order valence-corrected chi connectivity index (χ2v) is 4.81. The number of benzene rings is 1. The molecule has 0 bridgehead atoms. The van der Waals surface area contributed by atoms with Crippen LogP contribution < -0.4 is 4.74 Å². The maximum Gasteiger partial charge on any atom is 0.416 e. The number of para-hydroxylation sites is 1. The summed E-state index contributed by atoms with van der Waals surface area (Å²) < 4.78 is 48.0. The van der Waals surface area contributed by atoms with Crippen LogP contribution in [0.15, 0.2) is 18.2 Å². The number of rotatable bonds is 2. The summed E-state index contributed by atoms with van der Waals surface area (Å²) >= 11 is 0. The number of alkyl halides is 3. The largest absolute Gasteiger partial charge is 0.496 e. The molecule has 1 aromatic carbocycles. The fourth-order valence-electron chi connectivity index (χ4n) is 2.29. The van der Waals surface area contributed by atoms with E-state index in [4.69, 9.17) is 4.74 Å². The summed E-state index contributed by atoms with van der Waals surface area (Å²) in [5, 5.41) is 0. The standard InChI is InChI=1S/C14H16F3NO3/c1-9-4-3-5-10(12(9)20-2)13(19)18-6-7-21-11(8-18)14(15,16)17/h3-5,11H,6-8H2,1-2H3/t11-/m0/s1. The van der Waals surface area contributed by atoms with Crippen molar-refractivity contribution in [2.24, 2.45) is 0 Å². The van der Waals surface area contributed by atoms with Crippen LogP contribution in [0.1, 0.15) is 15.9 Å². The van der Waals surface area contributed by atoms with Gasteiger partial charge >= 0.3 is 6.18 Å². The number of morpholine rings is 1. The van der Waals surface area contributed by atoms with Crippen LogP contribution >= 0.6 is 0 Å². The van der Waals surface area contributed by atoms with Crippen LogP contribution in [0.2, 0.25) is 0 Å². The summed E-state index contributed by atoms with van der Waals surface area (Å²) in [5.74, 6) is -0.0920. The normalized spacial score (nSPS) is 19.5. The Labute approximate surface area is 120 Å². The third-order valence-electron chi connectivity index (χ3n) is 3.37. The third kappa shape index (κ3) is 3.29. The van der Waals surface area contributed by atoms with Gasteiger partial charge in [0.05, 0.1) is 25.8 Å². The molecule has 1 aliphatic rings. The molecule has 0 aromatic heterocycles. The number of ether oxygens (including phenoxy) is 2. The zero-order valence-electron chi connectivity index (χ0n) is 11.7. The van der Waals surface area contributed by atoms with E-state index >= 15 is 0 Å². The van der Waals surface area contributed by atoms with E-state index in [1.807, 2.05) is 0 Å². The maximum atomic E-state index is 12.7. The zero-order chi connectivity index (χ0) is 15.6. The van der Waals surface area contributed by atoms with Crippen LogP contribution in [0, 0.1) is 6.92 Å². The molecule has 0 spiro atoms. The number of aryl methyl sites for hydroxylation is 1. The molecule has 1 amide bonds. The Kier molecular flexibility index (Phi) is 4.41. The molecule has 0 saturated carbocycles. The van der Waals surface area contributed by atoms with Gasteiger partial charge in [-0.05, 0) is 18.6 Å². The molecule has 0 radical (unpaired) electrons. The molecule has 7 heteroatoms. The second kappa shape index (κ2) is 5.93. The van der Waals surface area contributed by atoms with E-state index in [2.05, 4.69) is 4.74 Å². The summed E-state index contributed by atoms with van der Waals surface area (Å²) in [6.07, 6.45) is -6.42. The lowest BCUT2D eigenvalue weighted by atomic mass is 10.1. The Balaban J connectivity index is 2.22. The predicted octanol–water partition coefficient (Wildman–Crippen LogP) is 2.41. The Morgan fingerprint density at radius 1 is 1.43 bits per heavy atom. The van der Waals surface area contributed by atoms with Gasteiger partial charge in [-0.3, -0.25) is 4.79 Å². The van der Waals surface area contributed by atoms with Gasteiger partial charge in [0.25, 0.3) is 5.91 Å². The highest BCUT2D eigenvalue weighted by Crippen LogP contribution is 2.28. The minimum absolute atomic E-state index is 0.127. The number of hydrogen-bond acceptors (Lipinski definition) is 3. The molecule has 116 valence electrons. The highest BCUT2D eigenvalue weighted by atomic mass is 19.4. The van der Waals surface area contributed by atoms with Gasteiger partial charge in [-0.25, -0.2) is 0 Å². The van der Waals surface area contributed by atoms with Crippen molar-refractivity contribution in [2.75, 3.05) is 26.8 Å². The fourth-order valence-corrected chi connectivity index (χ4v) is 2.29. The van der Waals surface area contributed by atoms with Gasteiger partial charge in [-0.15, -0.1) is 0 Å². The van der Waals surface area contributed by atoms with E-state index in [-0.39, 0.29) is 18.7 Å². The monoisotopic (exact) mass is 303 g/mol. The van der Waals surface area contributed by atoms with Crippen LogP contribution in [-0.4, -0.2) is 49.9 Å². The minimum atomic E-state index is -4.48. The number of carbonyl (C=O) groups excluding carboxylic acids is 1. The molecule has 1 aromatic rings. The van der Waals surface area contributed by atoms with Crippen molar-refractivity contribution < 1.29 is 27.4 Å². The molecule has 0 aliphatic carbocycles. The molecule has 0 unspecified atom stereocenters. The zero-order valence-corrected chi connectivity index (χ0v) is 11.7. The van der Waals surface area contributed by atoms with Crippen LogP contribution in [-0.2, 0) is 4.74 Å². The number of hydrogen-bond donors (Lipinski definition) is 0. The van der Waals surface area contributed by atoms with E-state index in [0.717, 1.165) is 10.5 Å². The first-order chi connectivity index (χ1) is 9.84. The lowest BCUT2D eigenvalue weighted by Crippen LogP contribution is -2.51. The SMILES string of the molecule is COc1c(C)cccc1C(=O)N1CCO[C@H](C(F)(F)F)C1. The van der Waals surface area contributed by atoms with Crippen molar-refractivity contribution >= 4 is 5.91 Å². The molecule has 1 aliphatic heterocycles. The van der Waals surface area contributed by atoms with Crippen molar-refractivity contribution in [1.29, 1.82) is 0 Å². The molecule has 1 heterocycles. The van der Waals surface area contributed by atoms with Gasteiger partial charge in [0, 0.05) is 6.54 Å². The lowest BCUT2D eigenvalue weighted by Gasteiger charge is -2.34. The van der Waals surface area contributed by atoms with Gasteiger partial charge in [-0.2, -0.15) is 13.2 Å². The number of halogens is 3. The molecule has 0 N–H and O–H groups in total. The third-order valence-corrected chi connectivity index (χ3v) is 3.37. The van der Waals surface area contributed by atoms with Gasteiger partial charge in [0.2, 0.25) is 0 Å². The molecule has 1 atom stereocenters. The topological polar surface area (TPSA) is 38.8 Å². The first kappa shape index (κ1) is 15.6. The van der Waals surface area contributed by atoms with Gasteiger partial charge in [0.15, 0.2) is 6.10 Å². The molecule has 21 heavy (non-hydrogen) atoms. The van der Waals surface area contributed by atoms with E-state index < -0.39 is 24.7 Å². The summed E-state index contributed by atoms with van der Waals surface area (Å²) in [6, 6.07) is 4.99. The highest BCUT2D eigenvalue weighted by Gasteiger charge is 2.44. The Bertz CT molecular complexity index is 531.